The second-order valence-electron chi connectivity index (χ2n) is 4.41. The number of benzene rings is 1. The van der Waals surface area contributed by atoms with Crippen LogP contribution in [0.4, 0.5) is 0 Å². The molecule has 86 valence electrons. The minimum absolute atomic E-state index is 0.0705. The van der Waals surface area contributed by atoms with Crippen LogP contribution in [0.5, 0.6) is 5.75 Å². The highest BCUT2D eigenvalue weighted by Gasteiger charge is 2.30. The van der Waals surface area contributed by atoms with E-state index in [2.05, 4.69) is 0 Å². The van der Waals surface area contributed by atoms with Gasteiger partial charge in [-0.25, -0.2) is 0 Å². The summed E-state index contributed by atoms with van der Waals surface area (Å²) in [6.45, 7) is 4.39. The standard InChI is InChI=1S/C13H16O3/c1-8-3-4-12-11(7-8)10(5-6-16-12)9(2)13(14)15/h3-4,7,9-10H,5-6H2,1-2H3,(H,14,15). The first-order chi connectivity index (χ1) is 7.59. The summed E-state index contributed by atoms with van der Waals surface area (Å²) in [6, 6.07) is 5.97. The van der Waals surface area contributed by atoms with Crippen molar-refractivity contribution < 1.29 is 14.6 Å². The summed E-state index contributed by atoms with van der Waals surface area (Å²) in [6.07, 6.45) is 0.782. The van der Waals surface area contributed by atoms with Crippen molar-refractivity contribution in [2.75, 3.05) is 6.61 Å². The zero-order valence-corrected chi connectivity index (χ0v) is 9.56. The van der Waals surface area contributed by atoms with Crippen LogP contribution in [0.3, 0.4) is 0 Å². The number of rotatable bonds is 2. The summed E-state index contributed by atoms with van der Waals surface area (Å²) >= 11 is 0. The van der Waals surface area contributed by atoms with Gasteiger partial charge in [-0.15, -0.1) is 0 Å². The average molecular weight is 220 g/mol. The Labute approximate surface area is 95.0 Å². The highest BCUT2D eigenvalue weighted by molar-refractivity contribution is 5.71. The number of aryl methyl sites for hydroxylation is 1. The van der Waals surface area contributed by atoms with Gasteiger partial charge in [-0.3, -0.25) is 4.79 Å². The lowest BCUT2D eigenvalue weighted by molar-refractivity contribution is -0.142. The van der Waals surface area contributed by atoms with Gasteiger partial charge in [0.1, 0.15) is 5.75 Å². The molecule has 0 saturated carbocycles. The molecule has 1 heterocycles. The number of fused-ring (bicyclic) bond motifs is 1. The van der Waals surface area contributed by atoms with Gasteiger partial charge >= 0.3 is 5.97 Å². The van der Waals surface area contributed by atoms with Gasteiger partial charge in [-0.2, -0.15) is 0 Å². The summed E-state index contributed by atoms with van der Waals surface area (Å²) in [5.41, 5.74) is 2.19. The molecule has 1 aliphatic heterocycles. The fourth-order valence-corrected chi connectivity index (χ4v) is 2.23. The first-order valence-corrected chi connectivity index (χ1v) is 5.55. The predicted molar refractivity (Wildman–Crippen MR) is 60.8 cm³/mol. The van der Waals surface area contributed by atoms with E-state index in [0.717, 1.165) is 23.3 Å². The Bertz CT molecular complexity index is 412. The fraction of sp³-hybridized carbons (Fsp3) is 0.462. The monoisotopic (exact) mass is 220 g/mol. The highest BCUT2D eigenvalue weighted by Crippen LogP contribution is 2.38. The molecule has 0 saturated heterocycles. The molecule has 0 aliphatic carbocycles. The maximum Gasteiger partial charge on any atom is 0.306 e. The smallest absolute Gasteiger partial charge is 0.306 e. The number of carbonyl (C=O) groups is 1. The third-order valence-electron chi connectivity index (χ3n) is 3.24. The van der Waals surface area contributed by atoms with Gasteiger partial charge in [0.25, 0.3) is 0 Å². The molecule has 1 aromatic rings. The fourth-order valence-electron chi connectivity index (χ4n) is 2.23. The van der Waals surface area contributed by atoms with Gasteiger partial charge in [0.05, 0.1) is 12.5 Å². The SMILES string of the molecule is Cc1ccc2c(c1)C(C(C)C(=O)O)CCO2. The topological polar surface area (TPSA) is 46.5 Å². The maximum absolute atomic E-state index is 11.1. The molecule has 2 atom stereocenters. The summed E-state index contributed by atoms with van der Waals surface area (Å²) in [4.78, 5) is 11.1. The van der Waals surface area contributed by atoms with Crippen molar-refractivity contribution >= 4 is 5.97 Å². The van der Waals surface area contributed by atoms with Crippen molar-refractivity contribution in [3.05, 3.63) is 29.3 Å². The number of hydrogen-bond acceptors (Lipinski definition) is 2. The van der Waals surface area contributed by atoms with Crippen LogP contribution in [0.25, 0.3) is 0 Å². The second-order valence-corrected chi connectivity index (χ2v) is 4.41. The third kappa shape index (κ3) is 1.90. The Hall–Kier alpha value is -1.51. The van der Waals surface area contributed by atoms with Crippen molar-refractivity contribution in [3.63, 3.8) is 0 Å². The summed E-state index contributed by atoms with van der Waals surface area (Å²) in [5, 5.41) is 9.09. The van der Waals surface area contributed by atoms with Crippen molar-refractivity contribution in [1.29, 1.82) is 0 Å². The minimum Gasteiger partial charge on any atom is -0.493 e. The van der Waals surface area contributed by atoms with Gasteiger partial charge in [-0.1, -0.05) is 24.6 Å². The molecule has 16 heavy (non-hydrogen) atoms. The Balaban J connectivity index is 2.38. The van der Waals surface area contributed by atoms with Gasteiger partial charge in [0.15, 0.2) is 0 Å². The molecule has 2 rings (SSSR count). The first kappa shape index (κ1) is 11.0. The van der Waals surface area contributed by atoms with Crippen LogP contribution < -0.4 is 4.74 Å². The molecule has 1 N–H and O–H groups in total. The van der Waals surface area contributed by atoms with Crippen LogP contribution in [0.15, 0.2) is 18.2 Å². The number of ether oxygens (including phenoxy) is 1. The van der Waals surface area contributed by atoms with Crippen LogP contribution in [-0.2, 0) is 4.79 Å². The largest absolute Gasteiger partial charge is 0.493 e. The molecule has 3 nitrogen and oxygen atoms in total. The molecule has 0 amide bonds. The Kier molecular flexibility index (Phi) is 2.86. The van der Waals surface area contributed by atoms with Crippen molar-refractivity contribution in [1.82, 2.24) is 0 Å². The van der Waals surface area contributed by atoms with E-state index in [0.29, 0.717) is 6.61 Å². The van der Waals surface area contributed by atoms with Gasteiger partial charge in [0.2, 0.25) is 0 Å². The highest BCUT2D eigenvalue weighted by atomic mass is 16.5. The summed E-state index contributed by atoms with van der Waals surface area (Å²) in [5.74, 6) is -0.181. The average Bonchev–Trinajstić information content (AvgIpc) is 2.27. The molecule has 2 unspecified atom stereocenters. The van der Waals surface area contributed by atoms with Gasteiger partial charge in [0, 0.05) is 5.92 Å². The number of hydrogen-bond donors (Lipinski definition) is 1. The van der Waals surface area contributed by atoms with E-state index in [1.165, 1.54) is 0 Å². The van der Waals surface area contributed by atoms with Crippen molar-refractivity contribution in [2.45, 2.75) is 26.2 Å². The lowest BCUT2D eigenvalue weighted by Crippen LogP contribution is -2.24. The molecular formula is C13H16O3. The van der Waals surface area contributed by atoms with Crippen molar-refractivity contribution in [3.8, 4) is 5.75 Å². The molecule has 1 aromatic carbocycles. The number of aliphatic carboxylic acids is 1. The van der Waals surface area contributed by atoms with Crippen LogP contribution in [0, 0.1) is 12.8 Å². The maximum atomic E-state index is 11.1. The Morgan fingerprint density at radius 1 is 1.56 bits per heavy atom. The van der Waals surface area contributed by atoms with E-state index < -0.39 is 5.97 Å². The van der Waals surface area contributed by atoms with Crippen LogP contribution in [-0.4, -0.2) is 17.7 Å². The van der Waals surface area contributed by atoms with Gasteiger partial charge in [-0.05, 0) is 25.0 Å². The summed E-state index contributed by atoms with van der Waals surface area (Å²) < 4.78 is 5.55. The molecule has 0 radical (unpaired) electrons. The first-order valence-electron chi connectivity index (χ1n) is 5.55. The lowest BCUT2D eigenvalue weighted by atomic mass is 9.82. The predicted octanol–water partition coefficient (Wildman–Crippen LogP) is 2.58. The zero-order valence-electron chi connectivity index (χ0n) is 9.56. The molecule has 0 aromatic heterocycles. The number of carboxylic acids is 1. The van der Waals surface area contributed by atoms with Crippen LogP contribution >= 0.6 is 0 Å². The number of carboxylic acid groups (broad SMARTS) is 1. The minimum atomic E-state index is -0.737. The van der Waals surface area contributed by atoms with E-state index in [4.69, 9.17) is 9.84 Å². The molecular weight excluding hydrogens is 204 g/mol. The Morgan fingerprint density at radius 2 is 2.31 bits per heavy atom. The zero-order chi connectivity index (χ0) is 11.7. The van der Waals surface area contributed by atoms with E-state index >= 15 is 0 Å². The summed E-state index contributed by atoms with van der Waals surface area (Å²) in [7, 11) is 0. The van der Waals surface area contributed by atoms with Crippen LogP contribution in [0.2, 0.25) is 0 Å². The van der Waals surface area contributed by atoms with Gasteiger partial charge < -0.3 is 9.84 Å². The molecule has 3 heteroatoms. The normalized spacial score (nSPS) is 20.8. The Morgan fingerprint density at radius 3 is 3.00 bits per heavy atom. The lowest BCUT2D eigenvalue weighted by Gasteiger charge is -2.28. The van der Waals surface area contributed by atoms with Crippen LogP contribution in [0.1, 0.15) is 30.4 Å². The molecule has 1 aliphatic rings. The van der Waals surface area contributed by atoms with E-state index in [1.54, 1.807) is 6.92 Å². The molecule has 0 fully saturated rings. The van der Waals surface area contributed by atoms with E-state index in [1.807, 2.05) is 25.1 Å². The quantitative estimate of drug-likeness (QED) is 0.833. The van der Waals surface area contributed by atoms with Crippen molar-refractivity contribution in [2.24, 2.45) is 5.92 Å². The van der Waals surface area contributed by atoms with E-state index in [9.17, 15) is 4.79 Å². The van der Waals surface area contributed by atoms with E-state index in [-0.39, 0.29) is 11.8 Å². The third-order valence-corrected chi connectivity index (χ3v) is 3.24. The second kappa shape index (κ2) is 4.16. The molecule has 0 spiro atoms. The molecule has 0 bridgehead atoms.